The Morgan fingerprint density at radius 1 is 1.09 bits per heavy atom. The van der Waals surface area contributed by atoms with Gasteiger partial charge in [0.15, 0.2) is 16.3 Å². The van der Waals surface area contributed by atoms with Crippen LogP contribution in [-0.4, -0.2) is 11.4 Å². The molecular weight excluding hydrogens is 532 g/mol. The third-order valence-electron chi connectivity index (χ3n) is 6.46. The molecule has 0 bridgehead atoms. The zero-order valence-electron chi connectivity index (χ0n) is 17.8. The number of hydrogen-bond donors (Lipinski definition) is 0. The Morgan fingerprint density at radius 2 is 1.94 bits per heavy atom. The molecule has 34 heavy (non-hydrogen) atoms. The van der Waals surface area contributed by atoms with Crippen molar-refractivity contribution in [2.24, 2.45) is 4.99 Å². The summed E-state index contributed by atoms with van der Waals surface area (Å²) >= 11 is 6.74. The Kier molecular flexibility index (Phi) is 4.69. The van der Waals surface area contributed by atoms with Gasteiger partial charge in [0.05, 0.1) is 16.3 Å². The van der Waals surface area contributed by atoms with Gasteiger partial charge in [-0.3, -0.25) is 9.36 Å². The molecule has 4 aromatic rings. The first-order valence-corrected chi connectivity index (χ1v) is 13.4. The van der Waals surface area contributed by atoms with Crippen LogP contribution in [0.15, 0.2) is 73.7 Å². The van der Waals surface area contributed by atoms with Crippen molar-refractivity contribution in [1.82, 2.24) is 4.57 Å². The summed E-state index contributed by atoms with van der Waals surface area (Å²) in [7, 11) is 0. The van der Waals surface area contributed by atoms with Crippen molar-refractivity contribution in [3.63, 3.8) is 0 Å². The highest BCUT2D eigenvalue weighted by atomic mass is 79.9. The topological polar surface area (TPSA) is 52.8 Å². The summed E-state index contributed by atoms with van der Waals surface area (Å²) < 4.78 is 14.4. The number of allylic oxidation sites excluding steroid dienone is 1. The van der Waals surface area contributed by atoms with Crippen molar-refractivity contribution in [3.05, 3.63) is 105 Å². The van der Waals surface area contributed by atoms with Gasteiger partial charge in [0.2, 0.25) is 6.79 Å². The Morgan fingerprint density at radius 3 is 2.79 bits per heavy atom. The molecule has 0 amide bonds. The average molecular weight is 549 g/mol. The van der Waals surface area contributed by atoms with Gasteiger partial charge in [-0.05, 0) is 59.2 Å². The number of hydrogen-bond acceptors (Lipinski definition) is 6. The molecule has 168 valence electrons. The molecular formula is C26H17BrN2O3S2. The van der Waals surface area contributed by atoms with E-state index in [9.17, 15) is 4.79 Å². The van der Waals surface area contributed by atoms with Crippen molar-refractivity contribution >= 4 is 50.4 Å². The maximum absolute atomic E-state index is 13.8. The SMILES string of the molecule is O=c1/c(=C/c2cc3c(cc2Br)OCO3)sc2n1[C@@H](c1cccs1)C1=C(N=2)c2ccccc2CC1. The van der Waals surface area contributed by atoms with Crippen LogP contribution in [0.1, 0.15) is 34.0 Å². The number of benzene rings is 2. The molecule has 7 rings (SSSR count). The van der Waals surface area contributed by atoms with Gasteiger partial charge < -0.3 is 9.47 Å². The highest BCUT2D eigenvalue weighted by Gasteiger charge is 2.33. The van der Waals surface area contributed by atoms with Gasteiger partial charge >= 0.3 is 0 Å². The van der Waals surface area contributed by atoms with E-state index < -0.39 is 0 Å². The molecule has 1 atom stereocenters. The van der Waals surface area contributed by atoms with Crippen LogP contribution < -0.4 is 24.4 Å². The van der Waals surface area contributed by atoms with Crippen LogP contribution in [0.2, 0.25) is 0 Å². The number of ether oxygens (including phenoxy) is 2. The van der Waals surface area contributed by atoms with Crippen LogP contribution in [0.5, 0.6) is 11.5 Å². The summed E-state index contributed by atoms with van der Waals surface area (Å²) in [6.45, 7) is 0.210. The molecule has 0 spiro atoms. The Balaban J connectivity index is 1.47. The van der Waals surface area contributed by atoms with Gasteiger partial charge in [-0.15, -0.1) is 11.3 Å². The average Bonchev–Trinajstić information content (AvgIpc) is 3.60. The van der Waals surface area contributed by atoms with Crippen molar-refractivity contribution in [3.8, 4) is 11.5 Å². The lowest BCUT2D eigenvalue weighted by Gasteiger charge is -2.30. The molecule has 0 unspecified atom stereocenters. The Labute approximate surface area is 211 Å². The van der Waals surface area contributed by atoms with Crippen molar-refractivity contribution in [2.45, 2.75) is 18.9 Å². The van der Waals surface area contributed by atoms with Gasteiger partial charge in [0.1, 0.15) is 0 Å². The third kappa shape index (κ3) is 3.09. The van der Waals surface area contributed by atoms with E-state index >= 15 is 0 Å². The minimum absolute atomic E-state index is 0.0166. The van der Waals surface area contributed by atoms with Crippen LogP contribution in [0.25, 0.3) is 11.8 Å². The largest absolute Gasteiger partial charge is 0.454 e. The van der Waals surface area contributed by atoms with Gasteiger partial charge in [0.25, 0.3) is 5.56 Å². The summed E-state index contributed by atoms with van der Waals surface area (Å²) in [6, 6.07) is 16.3. The number of fused-ring (bicyclic) bond motifs is 4. The molecule has 0 saturated heterocycles. The highest BCUT2D eigenvalue weighted by Crippen LogP contribution is 2.42. The quantitative estimate of drug-likeness (QED) is 0.359. The fourth-order valence-electron chi connectivity index (χ4n) is 4.90. The molecule has 4 heterocycles. The molecule has 0 N–H and O–H groups in total. The number of rotatable bonds is 2. The third-order valence-corrected chi connectivity index (χ3v) is 9.06. The molecule has 0 fully saturated rings. The Bertz CT molecular complexity index is 1680. The lowest BCUT2D eigenvalue weighted by Crippen LogP contribution is -2.38. The summed E-state index contributed by atoms with van der Waals surface area (Å²) in [5.41, 5.74) is 5.61. The molecule has 3 aliphatic rings. The van der Waals surface area contributed by atoms with E-state index in [1.165, 1.54) is 32.9 Å². The van der Waals surface area contributed by atoms with Crippen LogP contribution in [0.3, 0.4) is 0 Å². The van der Waals surface area contributed by atoms with Gasteiger partial charge in [0, 0.05) is 14.9 Å². The first-order valence-electron chi connectivity index (χ1n) is 10.9. The van der Waals surface area contributed by atoms with Crippen LogP contribution in [-0.2, 0) is 6.42 Å². The van der Waals surface area contributed by atoms with Crippen LogP contribution in [0.4, 0.5) is 0 Å². The summed E-state index contributed by atoms with van der Waals surface area (Å²) in [4.78, 5) is 20.7. The fourth-order valence-corrected chi connectivity index (χ4v) is 7.18. The second-order valence-electron chi connectivity index (χ2n) is 8.36. The number of aromatic nitrogens is 1. The van der Waals surface area contributed by atoms with E-state index in [0.717, 1.165) is 33.4 Å². The van der Waals surface area contributed by atoms with E-state index in [1.54, 1.807) is 11.3 Å². The van der Waals surface area contributed by atoms with E-state index in [-0.39, 0.29) is 18.4 Å². The molecule has 2 aromatic carbocycles. The van der Waals surface area contributed by atoms with Crippen LogP contribution in [0, 0.1) is 0 Å². The summed E-state index contributed by atoms with van der Waals surface area (Å²) in [5.74, 6) is 1.39. The smallest absolute Gasteiger partial charge is 0.271 e. The van der Waals surface area contributed by atoms with E-state index in [4.69, 9.17) is 14.5 Å². The fraction of sp³-hybridized carbons (Fsp3) is 0.154. The second-order valence-corrected chi connectivity index (χ2v) is 11.2. The molecule has 8 heteroatoms. The van der Waals surface area contributed by atoms with E-state index in [0.29, 0.717) is 16.0 Å². The molecule has 2 aromatic heterocycles. The molecule has 0 saturated carbocycles. The number of thiophene rings is 1. The normalized spacial score (nSPS) is 18.4. The predicted octanol–water partition coefficient (Wildman–Crippen LogP) is 4.87. The van der Waals surface area contributed by atoms with Crippen molar-refractivity contribution < 1.29 is 9.47 Å². The monoisotopic (exact) mass is 548 g/mol. The molecule has 0 radical (unpaired) electrons. The highest BCUT2D eigenvalue weighted by molar-refractivity contribution is 9.10. The standard InChI is InChI=1S/C26H17BrN2O3S2/c27-18-12-20-19(31-13-32-20)10-15(18)11-22-25(30)29-24(21-6-3-9-33-21)17-8-7-14-4-1-2-5-16(14)23(17)28-26(29)34-22/h1-6,9-12,24H,7-8,13H2/b22-11-/t24-/m1/s1. The molecule has 2 aliphatic heterocycles. The summed E-state index contributed by atoms with van der Waals surface area (Å²) in [5, 5.41) is 2.08. The Hall–Kier alpha value is -2.94. The lowest BCUT2D eigenvalue weighted by molar-refractivity contribution is 0.174. The lowest BCUT2D eigenvalue weighted by atomic mass is 9.85. The second kappa shape index (κ2) is 7.80. The maximum Gasteiger partial charge on any atom is 0.271 e. The van der Waals surface area contributed by atoms with Crippen molar-refractivity contribution in [1.29, 1.82) is 0 Å². The first-order chi connectivity index (χ1) is 16.7. The minimum Gasteiger partial charge on any atom is -0.454 e. The zero-order chi connectivity index (χ0) is 22.8. The number of nitrogens with zero attached hydrogens (tertiary/aromatic N) is 2. The zero-order valence-corrected chi connectivity index (χ0v) is 21.0. The number of aryl methyl sites for hydroxylation is 1. The molecule has 5 nitrogen and oxygen atoms in total. The summed E-state index contributed by atoms with van der Waals surface area (Å²) in [6.07, 6.45) is 3.77. The van der Waals surface area contributed by atoms with Crippen LogP contribution >= 0.6 is 38.6 Å². The first kappa shape index (κ1) is 20.4. The number of thiazole rings is 1. The molecule has 1 aliphatic carbocycles. The van der Waals surface area contributed by atoms with Gasteiger partial charge in [-0.1, -0.05) is 57.6 Å². The maximum atomic E-state index is 13.8. The predicted molar refractivity (Wildman–Crippen MR) is 137 cm³/mol. The van der Waals surface area contributed by atoms with E-state index in [2.05, 4.69) is 57.7 Å². The minimum atomic E-state index is -0.123. The van der Waals surface area contributed by atoms with Gasteiger partial charge in [-0.2, -0.15) is 0 Å². The van der Waals surface area contributed by atoms with E-state index in [1.807, 2.05) is 22.8 Å². The van der Waals surface area contributed by atoms with Crippen molar-refractivity contribution in [2.75, 3.05) is 6.79 Å². The number of halogens is 1. The van der Waals surface area contributed by atoms with Gasteiger partial charge in [-0.25, -0.2) is 4.99 Å².